The second-order valence-corrected chi connectivity index (χ2v) is 6.90. The van der Waals surface area contributed by atoms with Gasteiger partial charge in [0, 0.05) is 29.5 Å². The zero-order chi connectivity index (χ0) is 16.6. The van der Waals surface area contributed by atoms with E-state index in [2.05, 4.69) is 40.9 Å². The molecule has 7 nitrogen and oxygen atoms in total. The average Bonchev–Trinajstić information content (AvgIpc) is 3.15. The summed E-state index contributed by atoms with van der Waals surface area (Å²) in [6.07, 6.45) is 3.20. The monoisotopic (exact) mass is 315 g/mol. The number of aromatic amines is 2. The molecule has 23 heavy (non-hydrogen) atoms. The molecule has 3 heterocycles. The molecule has 1 aliphatic heterocycles. The van der Waals surface area contributed by atoms with Gasteiger partial charge in [-0.25, -0.2) is 9.78 Å². The second kappa shape index (κ2) is 5.64. The third-order valence-electron chi connectivity index (χ3n) is 4.17. The Bertz CT molecular complexity index is 771. The minimum absolute atomic E-state index is 0.0910. The molecular formula is C16H21N5O2. The molecule has 1 atom stereocenters. The number of carbonyl (C=O) groups is 1. The van der Waals surface area contributed by atoms with Gasteiger partial charge >= 0.3 is 5.69 Å². The SMILES string of the molecule is CC(C)(C)c1cc(C(=O)N2CCCC2c2ccnc(=O)[nH]2)n[nH]1. The molecule has 1 amide bonds. The van der Waals surface area contributed by atoms with Crippen molar-refractivity contribution in [3.8, 4) is 0 Å². The van der Waals surface area contributed by atoms with Crippen LogP contribution in [0.2, 0.25) is 0 Å². The molecule has 1 aliphatic rings. The quantitative estimate of drug-likeness (QED) is 0.883. The molecule has 0 aliphatic carbocycles. The lowest BCUT2D eigenvalue weighted by atomic mass is 9.92. The van der Waals surface area contributed by atoms with Crippen molar-refractivity contribution in [1.29, 1.82) is 0 Å². The minimum Gasteiger partial charge on any atom is -0.329 e. The summed E-state index contributed by atoms with van der Waals surface area (Å²) in [5.41, 5.74) is 1.58. The van der Waals surface area contributed by atoms with Crippen molar-refractivity contribution in [2.75, 3.05) is 6.54 Å². The van der Waals surface area contributed by atoms with Crippen molar-refractivity contribution in [2.45, 2.75) is 45.1 Å². The summed E-state index contributed by atoms with van der Waals surface area (Å²) in [5.74, 6) is -0.114. The lowest BCUT2D eigenvalue weighted by Crippen LogP contribution is -2.32. The van der Waals surface area contributed by atoms with Crippen molar-refractivity contribution >= 4 is 5.91 Å². The van der Waals surface area contributed by atoms with Crippen LogP contribution in [0.1, 0.15) is 61.5 Å². The molecule has 0 spiro atoms. The van der Waals surface area contributed by atoms with E-state index in [0.717, 1.165) is 24.2 Å². The fraction of sp³-hybridized carbons (Fsp3) is 0.500. The molecule has 122 valence electrons. The normalized spacial score (nSPS) is 18.4. The maximum Gasteiger partial charge on any atom is 0.345 e. The number of carbonyl (C=O) groups excluding carboxylic acids is 1. The first-order chi connectivity index (χ1) is 10.9. The van der Waals surface area contributed by atoms with E-state index in [9.17, 15) is 9.59 Å². The molecule has 1 unspecified atom stereocenters. The molecule has 1 saturated heterocycles. The molecule has 0 bridgehead atoms. The minimum atomic E-state index is -0.392. The van der Waals surface area contributed by atoms with Crippen LogP contribution < -0.4 is 5.69 Å². The van der Waals surface area contributed by atoms with E-state index in [4.69, 9.17) is 0 Å². The summed E-state index contributed by atoms with van der Waals surface area (Å²) in [6, 6.07) is 3.43. The van der Waals surface area contributed by atoms with Gasteiger partial charge in [0.25, 0.3) is 5.91 Å². The fourth-order valence-electron chi connectivity index (χ4n) is 2.87. The van der Waals surface area contributed by atoms with Crippen LogP contribution in [0.25, 0.3) is 0 Å². The van der Waals surface area contributed by atoms with Gasteiger partial charge in [0.15, 0.2) is 0 Å². The summed E-state index contributed by atoms with van der Waals surface area (Å²) in [7, 11) is 0. The van der Waals surface area contributed by atoms with Gasteiger partial charge in [0.1, 0.15) is 5.69 Å². The molecule has 2 aromatic heterocycles. The molecule has 1 fully saturated rings. The number of nitrogens with one attached hydrogen (secondary N) is 2. The Kier molecular flexibility index (Phi) is 3.79. The Morgan fingerprint density at radius 2 is 2.17 bits per heavy atom. The lowest BCUT2D eigenvalue weighted by Gasteiger charge is -2.23. The van der Waals surface area contributed by atoms with Crippen LogP contribution >= 0.6 is 0 Å². The predicted octanol–water partition coefficient (Wildman–Crippen LogP) is 1.77. The van der Waals surface area contributed by atoms with Crippen LogP contribution in [-0.4, -0.2) is 37.5 Å². The Morgan fingerprint density at radius 1 is 1.39 bits per heavy atom. The van der Waals surface area contributed by atoms with Crippen LogP contribution in [0.15, 0.2) is 23.1 Å². The van der Waals surface area contributed by atoms with Gasteiger partial charge in [-0.3, -0.25) is 9.89 Å². The molecule has 7 heteroatoms. The number of likely N-dealkylation sites (tertiary alicyclic amines) is 1. The number of H-pyrrole nitrogens is 2. The molecule has 0 saturated carbocycles. The number of amides is 1. The number of aromatic nitrogens is 4. The van der Waals surface area contributed by atoms with Gasteiger partial charge in [-0.15, -0.1) is 0 Å². The van der Waals surface area contributed by atoms with E-state index in [0.29, 0.717) is 12.2 Å². The van der Waals surface area contributed by atoms with Crippen molar-refractivity contribution in [1.82, 2.24) is 25.1 Å². The van der Waals surface area contributed by atoms with Crippen molar-refractivity contribution in [3.05, 3.63) is 45.9 Å². The van der Waals surface area contributed by atoms with E-state index >= 15 is 0 Å². The van der Waals surface area contributed by atoms with Gasteiger partial charge in [-0.05, 0) is 25.0 Å². The molecule has 3 rings (SSSR count). The van der Waals surface area contributed by atoms with Crippen molar-refractivity contribution in [3.63, 3.8) is 0 Å². The molecule has 0 aromatic carbocycles. The third kappa shape index (κ3) is 3.04. The summed E-state index contributed by atoms with van der Waals surface area (Å²) in [4.78, 5) is 32.3. The highest BCUT2D eigenvalue weighted by molar-refractivity contribution is 5.92. The third-order valence-corrected chi connectivity index (χ3v) is 4.17. The Morgan fingerprint density at radius 3 is 2.83 bits per heavy atom. The Labute approximate surface area is 134 Å². The number of hydrogen-bond acceptors (Lipinski definition) is 4. The molecule has 2 N–H and O–H groups in total. The molecule has 2 aromatic rings. The second-order valence-electron chi connectivity index (χ2n) is 6.90. The highest BCUT2D eigenvalue weighted by Crippen LogP contribution is 2.31. The van der Waals surface area contributed by atoms with Crippen LogP contribution in [0.3, 0.4) is 0 Å². The zero-order valence-corrected chi connectivity index (χ0v) is 13.6. The van der Waals surface area contributed by atoms with Gasteiger partial charge in [-0.1, -0.05) is 20.8 Å². The first-order valence-electron chi connectivity index (χ1n) is 7.78. The van der Waals surface area contributed by atoms with Crippen molar-refractivity contribution in [2.24, 2.45) is 0 Å². The highest BCUT2D eigenvalue weighted by atomic mass is 16.2. The van der Waals surface area contributed by atoms with E-state index in [1.165, 1.54) is 6.20 Å². The van der Waals surface area contributed by atoms with Gasteiger partial charge < -0.3 is 9.88 Å². The van der Waals surface area contributed by atoms with E-state index in [1.54, 1.807) is 11.0 Å². The zero-order valence-electron chi connectivity index (χ0n) is 13.6. The van der Waals surface area contributed by atoms with E-state index in [1.807, 2.05) is 6.07 Å². The van der Waals surface area contributed by atoms with Gasteiger partial charge in [0.05, 0.1) is 6.04 Å². The summed E-state index contributed by atoms with van der Waals surface area (Å²) >= 11 is 0. The van der Waals surface area contributed by atoms with Crippen LogP contribution in [0.5, 0.6) is 0 Å². The summed E-state index contributed by atoms with van der Waals surface area (Å²) in [6.45, 7) is 6.85. The fourth-order valence-corrected chi connectivity index (χ4v) is 2.87. The number of rotatable bonds is 2. The van der Waals surface area contributed by atoms with E-state index < -0.39 is 5.69 Å². The summed E-state index contributed by atoms with van der Waals surface area (Å²) in [5, 5.41) is 7.12. The highest BCUT2D eigenvalue weighted by Gasteiger charge is 2.33. The maximum atomic E-state index is 12.8. The van der Waals surface area contributed by atoms with Gasteiger partial charge in [0.2, 0.25) is 0 Å². The van der Waals surface area contributed by atoms with Crippen LogP contribution in [-0.2, 0) is 5.41 Å². The smallest absolute Gasteiger partial charge is 0.329 e. The van der Waals surface area contributed by atoms with Crippen molar-refractivity contribution < 1.29 is 4.79 Å². The molecular weight excluding hydrogens is 294 g/mol. The lowest BCUT2D eigenvalue weighted by molar-refractivity contribution is 0.0726. The number of hydrogen-bond donors (Lipinski definition) is 2. The maximum absolute atomic E-state index is 12.8. The Balaban J connectivity index is 1.86. The van der Waals surface area contributed by atoms with E-state index in [-0.39, 0.29) is 17.4 Å². The Hall–Kier alpha value is -2.44. The standard InChI is InChI=1S/C16H21N5O2/c1-16(2,3)13-9-11(19-20-13)14(22)21-8-4-5-12(21)10-6-7-17-15(23)18-10/h6-7,9,12H,4-5,8H2,1-3H3,(H,19,20)(H,17,18,23). The topological polar surface area (TPSA) is 94.7 Å². The first kappa shape index (κ1) is 15.5. The summed E-state index contributed by atoms with van der Waals surface area (Å²) < 4.78 is 0. The van der Waals surface area contributed by atoms with Crippen LogP contribution in [0.4, 0.5) is 0 Å². The van der Waals surface area contributed by atoms with Gasteiger partial charge in [-0.2, -0.15) is 5.10 Å². The average molecular weight is 315 g/mol. The van der Waals surface area contributed by atoms with Crippen LogP contribution in [0, 0.1) is 0 Å². The first-order valence-corrected chi connectivity index (χ1v) is 7.78. The molecule has 0 radical (unpaired) electrons. The largest absolute Gasteiger partial charge is 0.345 e. The number of nitrogens with zero attached hydrogens (tertiary/aromatic N) is 3. The predicted molar refractivity (Wildman–Crippen MR) is 85.2 cm³/mol.